The van der Waals surface area contributed by atoms with E-state index in [4.69, 9.17) is 0 Å². The number of amides is 1. The summed E-state index contributed by atoms with van der Waals surface area (Å²) in [5.41, 5.74) is 0.465. The predicted octanol–water partition coefficient (Wildman–Crippen LogP) is 2.36. The van der Waals surface area contributed by atoms with Gasteiger partial charge in [-0.1, -0.05) is 12.1 Å². The van der Waals surface area contributed by atoms with Gasteiger partial charge < -0.3 is 14.7 Å². The minimum atomic E-state index is -4.75. The lowest BCUT2D eigenvalue weighted by atomic mass is 10.0. The van der Waals surface area contributed by atoms with Crippen LogP contribution in [0.1, 0.15) is 18.9 Å². The molecule has 4 nitrogen and oxygen atoms in total. The van der Waals surface area contributed by atoms with Gasteiger partial charge >= 0.3 is 6.36 Å². The minimum Gasteiger partial charge on any atom is -0.406 e. The molecule has 1 aromatic rings. The molecule has 0 aromatic heterocycles. The second kappa shape index (κ2) is 6.56. The van der Waals surface area contributed by atoms with E-state index in [2.05, 4.69) is 4.74 Å². The molecule has 2 rings (SSSR count). The summed E-state index contributed by atoms with van der Waals surface area (Å²) in [5, 5.41) is 9.52. The fraction of sp³-hybridized carbons (Fsp3) is 0.533. The number of nitrogens with zero attached hydrogens (tertiary/aromatic N) is 1. The van der Waals surface area contributed by atoms with Crippen LogP contribution in [-0.2, 0) is 11.2 Å². The van der Waals surface area contributed by atoms with Crippen LogP contribution in [0.5, 0.6) is 5.75 Å². The van der Waals surface area contributed by atoms with Crippen LogP contribution in [0.25, 0.3) is 0 Å². The number of benzene rings is 1. The third-order valence-corrected chi connectivity index (χ3v) is 3.75. The molecule has 7 heteroatoms. The standard InChI is InChI=1S/C15H18F3NO3/c1-10(20)12-5-6-19(9-12)14(21)8-11-3-2-4-13(7-11)22-15(16,17)18/h2-4,7,10,12,20H,5-6,8-9H2,1H3. The summed E-state index contributed by atoms with van der Waals surface area (Å²) < 4.78 is 40.4. The molecule has 1 amide bonds. The fourth-order valence-corrected chi connectivity index (χ4v) is 2.55. The summed E-state index contributed by atoms with van der Waals surface area (Å²) in [5.74, 6) is -0.433. The lowest BCUT2D eigenvalue weighted by molar-refractivity contribution is -0.274. The van der Waals surface area contributed by atoms with E-state index in [0.29, 0.717) is 18.7 Å². The molecule has 1 aliphatic heterocycles. The Bertz CT molecular complexity index is 531. The van der Waals surface area contributed by atoms with E-state index in [1.807, 2.05) is 0 Å². The Kier molecular flexibility index (Phi) is 4.95. The van der Waals surface area contributed by atoms with Gasteiger partial charge in [-0.15, -0.1) is 13.2 Å². The van der Waals surface area contributed by atoms with Crippen molar-refractivity contribution < 1.29 is 27.8 Å². The molecule has 0 aliphatic carbocycles. The van der Waals surface area contributed by atoms with Gasteiger partial charge in [-0.3, -0.25) is 4.79 Å². The number of halogens is 3. The van der Waals surface area contributed by atoms with Crippen LogP contribution in [0.4, 0.5) is 13.2 Å². The zero-order valence-electron chi connectivity index (χ0n) is 12.1. The number of rotatable bonds is 4. The summed E-state index contributed by atoms with van der Waals surface area (Å²) in [7, 11) is 0. The molecule has 0 bridgehead atoms. The number of likely N-dealkylation sites (tertiary alicyclic amines) is 1. The van der Waals surface area contributed by atoms with Crippen molar-refractivity contribution in [2.75, 3.05) is 13.1 Å². The van der Waals surface area contributed by atoms with Gasteiger partial charge in [-0.2, -0.15) is 0 Å². The number of aliphatic hydroxyl groups is 1. The first-order chi connectivity index (χ1) is 10.2. The van der Waals surface area contributed by atoms with E-state index in [9.17, 15) is 23.1 Å². The smallest absolute Gasteiger partial charge is 0.406 e. The average Bonchev–Trinajstić information content (AvgIpc) is 2.86. The van der Waals surface area contributed by atoms with Crippen molar-refractivity contribution in [3.8, 4) is 5.75 Å². The SMILES string of the molecule is CC(O)C1CCN(C(=O)Cc2cccc(OC(F)(F)F)c2)C1. The van der Waals surface area contributed by atoms with Gasteiger partial charge in [0.25, 0.3) is 0 Å². The molecule has 0 radical (unpaired) electrons. The van der Waals surface area contributed by atoms with Crippen molar-refractivity contribution in [3.05, 3.63) is 29.8 Å². The lowest BCUT2D eigenvalue weighted by Crippen LogP contribution is -2.31. The van der Waals surface area contributed by atoms with Crippen LogP contribution in [0, 0.1) is 5.92 Å². The fourth-order valence-electron chi connectivity index (χ4n) is 2.55. The molecule has 1 heterocycles. The van der Waals surface area contributed by atoms with Crippen LogP contribution in [0.3, 0.4) is 0 Å². The first-order valence-corrected chi connectivity index (χ1v) is 7.05. The quantitative estimate of drug-likeness (QED) is 0.927. The maximum Gasteiger partial charge on any atom is 0.573 e. The van der Waals surface area contributed by atoms with E-state index in [1.165, 1.54) is 18.2 Å². The predicted molar refractivity (Wildman–Crippen MR) is 73.2 cm³/mol. The van der Waals surface area contributed by atoms with E-state index >= 15 is 0 Å². The van der Waals surface area contributed by atoms with Crippen LogP contribution >= 0.6 is 0 Å². The first-order valence-electron chi connectivity index (χ1n) is 7.05. The summed E-state index contributed by atoms with van der Waals surface area (Å²) in [4.78, 5) is 13.8. The zero-order valence-corrected chi connectivity index (χ0v) is 12.1. The Morgan fingerprint density at radius 3 is 2.82 bits per heavy atom. The molecule has 2 unspecified atom stereocenters. The Labute approximate surface area is 126 Å². The minimum absolute atomic E-state index is 0.0155. The number of alkyl halides is 3. The molecule has 122 valence electrons. The normalized spacial score (nSPS) is 20.0. The second-order valence-corrected chi connectivity index (χ2v) is 5.50. The van der Waals surface area contributed by atoms with Crippen molar-refractivity contribution in [1.29, 1.82) is 0 Å². The number of hydrogen-bond donors (Lipinski definition) is 1. The van der Waals surface area contributed by atoms with Crippen molar-refractivity contribution >= 4 is 5.91 Å². The van der Waals surface area contributed by atoms with E-state index in [1.54, 1.807) is 17.9 Å². The van der Waals surface area contributed by atoms with Crippen molar-refractivity contribution in [1.82, 2.24) is 4.90 Å². The molecule has 1 aromatic carbocycles. The molecule has 1 saturated heterocycles. The number of hydrogen-bond acceptors (Lipinski definition) is 3. The summed E-state index contributed by atoms with van der Waals surface area (Å²) in [6.07, 6.45) is -4.47. The number of carbonyl (C=O) groups is 1. The summed E-state index contributed by atoms with van der Waals surface area (Å²) >= 11 is 0. The van der Waals surface area contributed by atoms with E-state index in [-0.39, 0.29) is 24.0 Å². The molecule has 1 N–H and O–H groups in total. The van der Waals surface area contributed by atoms with Gasteiger partial charge in [0.2, 0.25) is 5.91 Å². The molecule has 2 atom stereocenters. The van der Waals surface area contributed by atoms with Crippen LogP contribution in [0.15, 0.2) is 24.3 Å². The third-order valence-electron chi connectivity index (χ3n) is 3.75. The van der Waals surface area contributed by atoms with Gasteiger partial charge in [0.05, 0.1) is 12.5 Å². The Balaban J connectivity index is 1.96. The summed E-state index contributed by atoms with van der Waals surface area (Å²) in [6.45, 7) is 2.74. The van der Waals surface area contributed by atoms with Gasteiger partial charge in [-0.25, -0.2) is 0 Å². The van der Waals surface area contributed by atoms with Gasteiger partial charge in [-0.05, 0) is 31.0 Å². The van der Waals surface area contributed by atoms with Crippen molar-refractivity contribution in [2.24, 2.45) is 5.92 Å². The van der Waals surface area contributed by atoms with E-state index in [0.717, 1.165) is 6.42 Å². The second-order valence-electron chi connectivity index (χ2n) is 5.50. The molecular formula is C15H18F3NO3. The maximum atomic E-state index is 12.2. The number of carbonyl (C=O) groups excluding carboxylic acids is 1. The third kappa shape index (κ3) is 4.62. The molecule has 0 spiro atoms. The largest absolute Gasteiger partial charge is 0.573 e. The first kappa shape index (κ1) is 16.6. The zero-order chi connectivity index (χ0) is 16.3. The highest BCUT2D eigenvalue weighted by molar-refractivity contribution is 5.79. The Morgan fingerprint density at radius 1 is 1.50 bits per heavy atom. The maximum absolute atomic E-state index is 12.2. The molecular weight excluding hydrogens is 299 g/mol. The highest BCUT2D eigenvalue weighted by Gasteiger charge is 2.31. The van der Waals surface area contributed by atoms with Gasteiger partial charge in [0, 0.05) is 19.0 Å². The molecule has 1 fully saturated rings. The van der Waals surface area contributed by atoms with Gasteiger partial charge in [0.15, 0.2) is 0 Å². The Morgan fingerprint density at radius 2 is 2.23 bits per heavy atom. The van der Waals surface area contributed by atoms with Gasteiger partial charge in [0.1, 0.15) is 5.75 Å². The average molecular weight is 317 g/mol. The highest BCUT2D eigenvalue weighted by atomic mass is 19.4. The molecule has 0 saturated carbocycles. The number of ether oxygens (including phenoxy) is 1. The van der Waals surface area contributed by atoms with Crippen molar-refractivity contribution in [2.45, 2.75) is 32.2 Å². The topological polar surface area (TPSA) is 49.8 Å². The molecule has 1 aliphatic rings. The molecule has 22 heavy (non-hydrogen) atoms. The summed E-state index contributed by atoms with van der Waals surface area (Å²) in [6, 6.07) is 5.42. The van der Waals surface area contributed by atoms with Crippen LogP contribution in [-0.4, -0.2) is 41.5 Å². The van der Waals surface area contributed by atoms with Crippen LogP contribution in [0.2, 0.25) is 0 Å². The highest BCUT2D eigenvalue weighted by Crippen LogP contribution is 2.24. The lowest BCUT2D eigenvalue weighted by Gasteiger charge is -2.18. The van der Waals surface area contributed by atoms with E-state index < -0.39 is 12.5 Å². The number of aliphatic hydroxyl groups excluding tert-OH is 1. The Hall–Kier alpha value is -1.76. The monoisotopic (exact) mass is 317 g/mol. The van der Waals surface area contributed by atoms with Crippen molar-refractivity contribution in [3.63, 3.8) is 0 Å². The van der Waals surface area contributed by atoms with Crippen LogP contribution < -0.4 is 4.74 Å².